The molecule has 0 aromatic heterocycles. The predicted octanol–water partition coefficient (Wildman–Crippen LogP) is 0.731. The van der Waals surface area contributed by atoms with Crippen molar-refractivity contribution in [2.24, 2.45) is 0 Å². The molecule has 0 aliphatic carbocycles. The summed E-state index contributed by atoms with van der Waals surface area (Å²) in [4.78, 5) is 11.1. The van der Waals surface area contributed by atoms with Gasteiger partial charge in [0.1, 0.15) is 0 Å². The number of fused-ring (bicyclic) bond motifs is 1. The van der Waals surface area contributed by atoms with E-state index in [0.717, 1.165) is 5.56 Å². The zero-order valence-electron chi connectivity index (χ0n) is 6.29. The van der Waals surface area contributed by atoms with E-state index < -0.39 is 0 Å². The van der Waals surface area contributed by atoms with Gasteiger partial charge in [0.2, 0.25) is 0 Å². The van der Waals surface area contributed by atoms with E-state index >= 15 is 0 Å². The number of hydrogen-bond donors (Lipinski definition) is 3. The van der Waals surface area contributed by atoms with Crippen LogP contribution in [0.3, 0.4) is 0 Å². The maximum Gasteiger partial charge on any atom is 0.251 e. The molecule has 1 amide bonds. The first-order chi connectivity index (χ1) is 5.81. The second-order valence-electron chi connectivity index (χ2n) is 2.67. The van der Waals surface area contributed by atoms with E-state index in [2.05, 4.69) is 5.32 Å². The van der Waals surface area contributed by atoms with Crippen LogP contribution in [0.15, 0.2) is 18.2 Å². The molecule has 0 saturated carbocycles. The first-order valence-electron chi connectivity index (χ1n) is 3.62. The Labute approximate surface area is 69.2 Å². The molecule has 1 heterocycles. The van der Waals surface area contributed by atoms with Gasteiger partial charge in [-0.25, -0.2) is 0 Å². The molecule has 4 nitrogen and oxygen atoms in total. The molecule has 2 rings (SSSR count). The van der Waals surface area contributed by atoms with Crippen molar-refractivity contribution in [1.82, 2.24) is 5.32 Å². The second kappa shape index (κ2) is 2.49. The highest BCUT2D eigenvalue weighted by Crippen LogP contribution is 2.19. The first kappa shape index (κ1) is 7.12. The molecule has 3 N–H and O–H groups in total. The fraction of sp³-hybridized carbons (Fsp3) is 0.125. The van der Waals surface area contributed by atoms with Crippen molar-refractivity contribution in [3.8, 4) is 0 Å². The molecule has 0 fully saturated rings. The van der Waals surface area contributed by atoms with Crippen LogP contribution in [-0.2, 0) is 6.54 Å². The maximum absolute atomic E-state index is 11.1. The van der Waals surface area contributed by atoms with Crippen LogP contribution in [0, 0.1) is 0 Å². The van der Waals surface area contributed by atoms with E-state index in [9.17, 15) is 4.79 Å². The summed E-state index contributed by atoms with van der Waals surface area (Å²) >= 11 is 0. The monoisotopic (exact) mass is 164 g/mol. The van der Waals surface area contributed by atoms with Gasteiger partial charge in [0.05, 0.1) is 5.69 Å². The standard InChI is InChI=1S/C8H8N2O2/c11-8-7-2-1-6(10-12)3-5(7)4-9-8/h1-3,10,12H,4H2,(H,9,11). The first-order valence-corrected chi connectivity index (χ1v) is 3.62. The Bertz CT molecular complexity index is 336. The lowest BCUT2D eigenvalue weighted by Crippen LogP contribution is -2.12. The highest BCUT2D eigenvalue weighted by Gasteiger charge is 2.17. The normalized spacial score (nSPS) is 13.9. The number of rotatable bonds is 1. The number of anilines is 1. The quantitative estimate of drug-likeness (QED) is 0.536. The summed E-state index contributed by atoms with van der Waals surface area (Å²) in [6.07, 6.45) is 0. The van der Waals surface area contributed by atoms with Crippen molar-refractivity contribution < 1.29 is 10.0 Å². The van der Waals surface area contributed by atoms with Crippen LogP contribution in [0.5, 0.6) is 0 Å². The fourth-order valence-corrected chi connectivity index (χ4v) is 1.30. The topological polar surface area (TPSA) is 61.4 Å². The van der Waals surface area contributed by atoms with Gasteiger partial charge in [-0.3, -0.25) is 15.5 Å². The van der Waals surface area contributed by atoms with Crippen molar-refractivity contribution in [2.75, 3.05) is 5.48 Å². The number of benzene rings is 1. The zero-order valence-corrected chi connectivity index (χ0v) is 6.29. The molecule has 1 aromatic carbocycles. The van der Waals surface area contributed by atoms with Crippen LogP contribution < -0.4 is 10.8 Å². The number of carbonyl (C=O) groups is 1. The number of carbonyl (C=O) groups excluding carboxylic acids is 1. The Morgan fingerprint density at radius 1 is 1.50 bits per heavy atom. The Morgan fingerprint density at radius 3 is 3.08 bits per heavy atom. The molecule has 0 unspecified atom stereocenters. The second-order valence-corrected chi connectivity index (χ2v) is 2.67. The van der Waals surface area contributed by atoms with Gasteiger partial charge in [-0.2, -0.15) is 0 Å². The van der Waals surface area contributed by atoms with Gasteiger partial charge in [0, 0.05) is 12.1 Å². The summed E-state index contributed by atoms with van der Waals surface area (Å²) in [5, 5.41) is 11.3. The lowest BCUT2D eigenvalue weighted by Gasteiger charge is -1.99. The Kier molecular flexibility index (Phi) is 1.48. The largest absolute Gasteiger partial charge is 0.348 e. The van der Waals surface area contributed by atoms with E-state index in [4.69, 9.17) is 5.21 Å². The van der Waals surface area contributed by atoms with Crippen LogP contribution in [-0.4, -0.2) is 11.1 Å². The molecule has 1 aliphatic rings. The van der Waals surface area contributed by atoms with Crippen molar-refractivity contribution in [3.63, 3.8) is 0 Å². The SMILES string of the molecule is O=C1NCc2cc(NO)ccc21. The third-order valence-electron chi connectivity index (χ3n) is 1.92. The van der Waals surface area contributed by atoms with Crippen molar-refractivity contribution >= 4 is 11.6 Å². The van der Waals surface area contributed by atoms with Crippen LogP contribution in [0.25, 0.3) is 0 Å². The average Bonchev–Trinajstić information content (AvgIpc) is 2.47. The number of hydrogen-bond acceptors (Lipinski definition) is 3. The van der Waals surface area contributed by atoms with E-state index in [1.807, 2.05) is 5.48 Å². The molecule has 0 atom stereocenters. The average molecular weight is 164 g/mol. The number of nitrogens with one attached hydrogen (secondary N) is 2. The van der Waals surface area contributed by atoms with Crippen molar-refractivity contribution in [1.29, 1.82) is 0 Å². The molecule has 62 valence electrons. The lowest BCUT2D eigenvalue weighted by molar-refractivity contribution is 0.0966. The predicted molar refractivity (Wildman–Crippen MR) is 43.0 cm³/mol. The van der Waals surface area contributed by atoms with Gasteiger partial charge in [-0.05, 0) is 23.8 Å². The minimum Gasteiger partial charge on any atom is -0.348 e. The van der Waals surface area contributed by atoms with E-state index in [1.54, 1.807) is 18.2 Å². The zero-order chi connectivity index (χ0) is 8.55. The summed E-state index contributed by atoms with van der Waals surface area (Å²) in [7, 11) is 0. The third-order valence-corrected chi connectivity index (χ3v) is 1.92. The van der Waals surface area contributed by atoms with E-state index in [-0.39, 0.29) is 5.91 Å². The van der Waals surface area contributed by atoms with E-state index in [0.29, 0.717) is 17.8 Å². The third kappa shape index (κ3) is 0.931. The Balaban J connectivity index is 2.48. The molecule has 4 heteroatoms. The highest BCUT2D eigenvalue weighted by atomic mass is 16.5. The summed E-state index contributed by atoms with van der Waals surface area (Å²) in [5.74, 6) is -0.0468. The summed E-state index contributed by atoms with van der Waals surface area (Å²) in [5.41, 5.74) is 4.24. The van der Waals surface area contributed by atoms with Crippen molar-refractivity contribution in [2.45, 2.75) is 6.54 Å². The maximum atomic E-state index is 11.1. The summed E-state index contributed by atoms with van der Waals surface area (Å²) in [6, 6.07) is 5.09. The van der Waals surface area contributed by atoms with Gasteiger partial charge < -0.3 is 5.32 Å². The highest BCUT2D eigenvalue weighted by molar-refractivity contribution is 5.98. The van der Waals surface area contributed by atoms with Gasteiger partial charge in [0.25, 0.3) is 5.91 Å². The lowest BCUT2D eigenvalue weighted by atomic mass is 10.1. The molecule has 0 spiro atoms. The van der Waals surface area contributed by atoms with Gasteiger partial charge in [-0.1, -0.05) is 0 Å². The minimum absolute atomic E-state index is 0.0468. The molecule has 0 radical (unpaired) electrons. The van der Waals surface area contributed by atoms with Crippen LogP contribution >= 0.6 is 0 Å². The van der Waals surface area contributed by atoms with Crippen LogP contribution in [0.2, 0.25) is 0 Å². The Hall–Kier alpha value is -1.55. The van der Waals surface area contributed by atoms with Crippen molar-refractivity contribution in [3.05, 3.63) is 29.3 Å². The molecule has 1 aliphatic heterocycles. The van der Waals surface area contributed by atoms with E-state index in [1.165, 1.54) is 0 Å². The summed E-state index contributed by atoms with van der Waals surface area (Å²) < 4.78 is 0. The smallest absolute Gasteiger partial charge is 0.251 e. The minimum atomic E-state index is -0.0468. The molecular formula is C8H8N2O2. The van der Waals surface area contributed by atoms with Gasteiger partial charge in [-0.15, -0.1) is 0 Å². The van der Waals surface area contributed by atoms with Crippen LogP contribution in [0.4, 0.5) is 5.69 Å². The van der Waals surface area contributed by atoms with Crippen LogP contribution in [0.1, 0.15) is 15.9 Å². The number of amides is 1. The molecule has 1 aromatic rings. The molecule has 12 heavy (non-hydrogen) atoms. The molecule has 0 bridgehead atoms. The summed E-state index contributed by atoms with van der Waals surface area (Å²) in [6.45, 7) is 0.545. The Morgan fingerprint density at radius 2 is 2.33 bits per heavy atom. The molecule has 0 saturated heterocycles. The molecular weight excluding hydrogens is 156 g/mol. The van der Waals surface area contributed by atoms with Gasteiger partial charge in [0.15, 0.2) is 0 Å². The van der Waals surface area contributed by atoms with Gasteiger partial charge >= 0.3 is 0 Å². The fourth-order valence-electron chi connectivity index (χ4n) is 1.30.